The van der Waals surface area contributed by atoms with Crippen LogP contribution in [0.5, 0.6) is 0 Å². The monoisotopic (exact) mass is 477 g/mol. The summed E-state index contributed by atoms with van der Waals surface area (Å²) in [4.78, 5) is 7.39. The van der Waals surface area contributed by atoms with Gasteiger partial charge in [-0.25, -0.2) is 22.8 Å². The number of nitrogens with zero attached hydrogens (tertiary/aromatic N) is 2. The first-order valence-corrected chi connectivity index (χ1v) is 7.17. The molecule has 3 rings (SSSR count). The normalized spacial score (nSPS) is 12.3. The Hall–Kier alpha value is -1.29. The van der Waals surface area contributed by atoms with E-state index in [0.29, 0.717) is 17.4 Å². The molecular weight excluding hydrogens is 463 g/mol. The number of nitrogens with one attached hydrogen (secondary N) is 3. The summed E-state index contributed by atoms with van der Waals surface area (Å²) in [6.07, 6.45) is 2.20. The van der Waals surface area contributed by atoms with E-state index in [1.807, 2.05) is 0 Å². The SMILES string of the molecule is Cc1nc(Nc2cccc([NH-])c2C=N)ncc1C(F)(F)F.[CH-]1CC1.[Nd]. The third-order valence-electron chi connectivity index (χ3n) is 3.07. The molecule has 9 heteroatoms. The number of hydrogen-bond acceptors (Lipinski definition) is 4. The summed E-state index contributed by atoms with van der Waals surface area (Å²) in [5.74, 6) is -0.0193. The molecule has 1 aromatic carbocycles. The Balaban J connectivity index is 0.000000705. The molecule has 1 fully saturated rings. The van der Waals surface area contributed by atoms with Gasteiger partial charge in [-0.2, -0.15) is 13.2 Å². The Labute approximate surface area is 176 Å². The van der Waals surface area contributed by atoms with Crippen molar-refractivity contribution in [1.82, 2.24) is 9.97 Å². The van der Waals surface area contributed by atoms with Gasteiger partial charge in [0.2, 0.25) is 5.95 Å². The number of halogens is 3. The van der Waals surface area contributed by atoms with Crippen LogP contribution in [-0.2, 0) is 6.18 Å². The van der Waals surface area contributed by atoms with Gasteiger partial charge in [0, 0.05) is 64.5 Å². The molecule has 0 spiro atoms. The van der Waals surface area contributed by atoms with Crippen LogP contribution in [0.2, 0.25) is 0 Å². The van der Waals surface area contributed by atoms with Crippen LogP contribution in [0.1, 0.15) is 29.7 Å². The average molecular weight is 480 g/mol. The molecule has 25 heavy (non-hydrogen) atoms. The molecule has 0 bridgehead atoms. The number of aromatic nitrogens is 2. The van der Waals surface area contributed by atoms with E-state index in [1.165, 1.54) is 25.8 Å². The number of anilines is 2. The zero-order valence-electron chi connectivity index (χ0n) is 13.4. The maximum atomic E-state index is 12.6. The average Bonchev–Trinajstić information content (AvgIpc) is 3.34. The number of alkyl halides is 3. The molecule has 5 nitrogen and oxygen atoms in total. The Kier molecular flexibility index (Phi) is 8.20. The number of hydrogen-bond donors (Lipinski definition) is 2. The van der Waals surface area contributed by atoms with Gasteiger partial charge in [0.1, 0.15) is 0 Å². The largest absolute Gasteiger partial charge is 0.698 e. The first-order chi connectivity index (χ1) is 11.3. The quantitative estimate of drug-likeness (QED) is 0.468. The molecule has 1 saturated carbocycles. The van der Waals surface area contributed by atoms with Crippen LogP contribution in [0.25, 0.3) is 5.73 Å². The number of rotatable bonds is 3. The molecule has 2 aromatic rings. The summed E-state index contributed by atoms with van der Waals surface area (Å²) in [7, 11) is 0. The Morgan fingerprint density at radius 1 is 1.32 bits per heavy atom. The van der Waals surface area contributed by atoms with Crippen LogP contribution in [0.3, 0.4) is 0 Å². The summed E-state index contributed by atoms with van der Waals surface area (Å²) in [6, 6.07) is 4.69. The zero-order valence-corrected chi connectivity index (χ0v) is 16.6. The van der Waals surface area contributed by atoms with Gasteiger partial charge < -0.3 is 22.9 Å². The second-order valence-corrected chi connectivity index (χ2v) is 5.09. The minimum atomic E-state index is -4.50. The van der Waals surface area contributed by atoms with E-state index < -0.39 is 11.7 Å². The summed E-state index contributed by atoms with van der Waals surface area (Å²) in [5, 5.41) is 10.00. The second kappa shape index (κ2) is 9.42. The molecule has 0 saturated heterocycles. The summed E-state index contributed by atoms with van der Waals surface area (Å²) < 4.78 is 37.9. The molecule has 0 aliphatic heterocycles. The summed E-state index contributed by atoms with van der Waals surface area (Å²) in [5.41, 5.74) is 7.38. The van der Waals surface area contributed by atoms with Crippen LogP contribution < -0.4 is 5.32 Å². The van der Waals surface area contributed by atoms with Gasteiger partial charge in [0.15, 0.2) is 0 Å². The number of aryl methyl sites for hydroxylation is 1. The van der Waals surface area contributed by atoms with Crippen molar-refractivity contribution in [2.75, 3.05) is 5.32 Å². The van der Waals surface area contributed by atoms with Gasteiger partial charge in [-0.1, -0.05) is 12.1 Å². The third-order valence-corrected chi connectivity index (χ3v) is 3.07. The fourth-order valence-corrected chi connectivity index (χ4v) is 1.76. The molecule has 0 amide bonds. The van der Waals surface area contributed by atoms with Gasteiger partial charge in [-0.15, -0.1) is 5.69 Å². The van der Waals surface area contributed by atoms with Crippen molar-refractivity contribution < 1.29 is 54.0 Å². The standard InChI is InChI=1S/C13H11F3N5.C3H5.Nd/c1-7-9(13(14,15)16)6-19-12(20-7)21-11-4-2-3-10(18)8(11)5-17;1-2-3-1;/h2-6,17-18H,1H3,(H,19,20,21);1H,2-3H2;/q2*-1;. The van der Waals surface area contributed by atoms with E-state index in [2.05, 4.69) is 21.7 Å². The van der Waals surface area contributed by atoms with Crippen LogP contribution >= 0.6 is 0 Å². The van der Waals surface area contributed by atoms with Gasteiger partial charge in [-0.05, 0) is 13.0 Å². The molecule has 1 aliphatic rings. The summed E-state index contributed by atoms with van der Waals surface area (Å²) >= 11 is 0. The van der Waals surface area contributed by atoms with Gasteiger partial charge in [-0.3, -0.25) is 0 Å². The van der Waals surface area contributed by atoms with Gasteiger partial charge in [0.05, 0.1) is 11.3 Å². The van der Waals surface area contributed by atoms with Crippen molar-refractivity contribution >= 4 is 23.5 Å². The van der Waals surface area contributed by atoms with Crippen molar-refractivity contribution in [3.63, 3.8) is 0 Å². The van der Waals surface area contributed by atoms with Gasteiger partial charge in [0.25, 0.3) is 0 Å². The molecule has 3 N–H and O–H groups in total. The molecule has 1 aliphatic carbocycles. The number of benzene rings is 1. The van der Waals surface area contributed by atoms with Crippen LogP contribution in [0, 0.1) is 59.6 Å². The van der Waals surface area contributed by atoms with E-state index in [9.17, 15) is 13.2 Å². The second-order valence-electron chi connectivity index (χ2n) is 5.09. The zero-order chi connectivity index (χ0) is 17.7. The topological polar surface area (TPSA) is 85.5 Å². The Morgan fingerprint density at radius 2 is 1.96 bits per heavy atom. The first kappa shape index (κ1) is 21.8. The van der Waals surface area contributed by atoms with E-state index >= 15 is 0 Å². The fourth-order valence-electron chi connectivity index (χ4n) is 1.76. The van der Waals surface area contributed by atoms with Gasteiger partial charge >= 0.3 is 6.18 Å². The molecule has 0 radical (unpaired) electrons. The Morgan fingerprint density at radius 3 is 2.44 bits per heavy atom. The molecule has 0 unspecified atom stereocenters. The van der Waals surface area contributed by atoms with Crippen LogP contribution in [-0.4, -0.2) is 16.2 Å². The van der Waals surface area contributed by atoms with E-state index in [4.69, 9.17) is 11.1 Å². The molecule has 132 valence electrons. The van der Waals surface area contributed by atoms with Crippen molar-refractivity contribution in [3.05, 3.63) is 53.4 Å². The molecule has 1 heterocycles. The van der Waals surface area contributed by atoms with E-state index in [0.717, 1.165) is 6.21 Å². The Bertz CT molecular complexity index is 729. The van der Waals surface area contributed by atoms with Crippen LogP contribution in [0.4, 0.5) is 30.5 Å². The fraction of sp³-hybridized carbons (Fsp3) is 0.250. The van der Waals surface area contributed by atoms with E-state index in [-0.39, 0.29) is 58.2 Å². The minimum Gasteiger partial charge on any atom is -0.698 e. The smallest absolute Gasteiger partial charge is 0.419 e. The van der Waals surface area contributed by atoms with Crippen molar-refractivity contribution in [3.8, 4) is 0 Å². The predicted octanol–water partition coefficient (Wildman–Crippen LogP) is 5.21. The maximum Gasteiger partial charge on any atom is 0.419 e. The predicted molar refractivity (Wildman–Crippen MR) is 86.9 cm³/mol. The molecule has 1 aromatic heterocycles. The van der Waals surface area contributed by atoms with Crippen molar-refractivity contribution in [2.45, 2.75) is 25.9 Å². The molecular formula is C16H16F3N5Nd-2. The van der Waals surface area contributed by atoms with E-state index in [1.54, 1.807) is 12.1 Å². The third kappa shape index (κ3) is 6.50. The van der Waals surface area contributed by atoms with Crippen molar-refractivity contribution in [2.24, 2.45) is 0 Å². The van der Waals surface area contributed by atoms with Crippen LogP contribution in [0.15, 0.2) is 24.4 Å². The van der Waals surface area contributed by atoms with Crippen molar-refractivity contribution in [1.29, 1.82) is 5.41 Å². The first-order valence-electron chi connectivity index (χ1n) is 7.17. The summed E-state index contributed by atoms with van der Waals surface area (Å²) in [6.45, 7) is 1.24. The maximum absolute atomic E-state index is 12.6. The molecule has 0 atom stereocenters. The minimum absolute atomic E-state index is 0.